The van der Waals surface area contributed by atoms with Crippen molar-refractivity contribution in [3.63, 3.8) is 0 Å². The topological polar surface area (TPSA) is 78.0 Å². The highest BCUT2D eigenvalue weighted by Crippen LogP contribution is 2.43. The average molecular weight is 281 g/mol. The maximum Gasteiger partial charge on any atom is 0.0848 e. The van der Waals surface area contributed by atoms with Gasteiger partial charge in [-0.05, 0) is 31.1 Å². The van der Waals surface area contributed by atoms with Crippen molar-refractivity contribution in [1.29, 1.82) is 0 Å². The molecule has 1 unspecified atom stereocenters. The van der Waals surface area contributed by atoms with Gasteiger partial charge in [-0.2, -0.15) is 0 Å². The highest BCUT2D eigenvalue weighted by atomic mass is 16.5. The quantitative estimate of drug-likeness (QED) is 0.626. The fraction of sp³-hybridized carbons (Fsp3) is 0.857. The number of nitrogens with two attached hydrogens (primary N) is 1. The fourth-order valence-electron chi connectivity index (χ4n) is 3.14. The third-order valence-corrected chi connectivity index (χ3v) is 4.76. The smallest absolute Gasteiger partial charge is 0.0848 e. The predicted molar refractivity (Wildman–Crippen MR) is 77.8 cm³/mol. The molecule has 1 heterocycles. The van der Waals surface area contributed by atoms with Crippen LogP contribution in [0.3, 0.4) is 0 Å². The Balaban J connectivity index is 2.11. The van der Waals surface area contributed by atoms with Crippen molar-refractivity contribution in [1.82, 2.24) is 20.4 Å². The Morgan fingerprint density at radius 2 is 2.05 bits per heavy atom. The average Bonchev–Trinajstić information content (AvgIpc) is 2.83. The first-order valence-corrected chi connectivity index (χ1v) is 7.27. The van der Waals surface area contributed by atoms with Gasteiger partial charge in [0.2, 0.25) is 0 Å². The molecule has 0 spiro atoms. The maximum atomic E-state index is 5.91. The molecule has 6 heteroatoms. The van der Waals surface area contributed by atoms with Gasteiger partial charge in [-0.1, -0.05) is 19.1 Å². The molecule has 0 radical (unpaired) electrons. The van der Waals surface area contributed by atoms with Gasteiger partial charge in [-0.15, -0.1) is 5.10 Å². The van der Waals surface area contributed by atoms with E-state index in [0.29, 0.717) is 5.41 Å². The first-order valence-electron chi connectivity index (χ1n) is 7.27. The van der Waals surface area contributed by atoms with E-state index in [1.807, 2.05) is 13.2 Å². The lowest BCUT2D eigenvalue weighted by Gasteiger charge is -2.46. The summed E-state index contributed by atoms with van der Waals surface area (Å²) in [6, 6.07) is 0.0558. The SMILES string of the molecule is COC1(C(Cc2cn(C)nn2)NN)CCC(C)(C)CC1. The molecule has 1 fully saturated rings. The molecular formula is C14H27N5O. The lowest BCUT2D eigenvalue weighted by molar-refractivity contribution is -0.0863. The number of aryl methyl sites for hydroxylation is 1. The number of aromatic nitrogens is 3. The molecule has 1 aromatic heterocycles. The first-order chi connectivity index (χ1) is 9.41. The second kappa shape index (κ2) is 5.79. The molecule has 1 aliphatic carbocycles. The summed E-state index contributed by atoms with van der Waals surface area (Å²) in [6.07, 6.45) is 7.01. The van der Waals surface area contributed by atoms with Crippen molar-refractivity contribution in [2.24, 2.45) is 18.3 Å². The van der Waals surface area contributed by atoms with E-state index in [1.165, 1.54) is 0 Å². The van der Waals surface area contributed by atoms with Gasteiger partial charge in [0.15, 0.2) is 0 Å². The van der Waals surface area contributed by atoms with Crippen molar-refractivity contribution in [3.8, 4) is 0 Å². The zero-order valence-electron chi connectivity index (χ0n) is 13.0. The van der Waals surface area contributed by atoms with E-state index >= 15 is 0 Å². The number of methoxy groups -OCH3 is 1. The second-order valence-electron chi connectivity index (χ2n) is 6.74. The van der Waals surface area contributed by atoms with Gasteiger partial charge in [0.05, 0.1) is 17.3 Å². The Morgan fingerprint density at radius 1 is 1.40 bits per heavy atom. The summed E-state index contributed by atoms with van der Waals surface area (Å²) in [5.74, 6) is 5.80. The zero-order chi connectivity index (χ0) is 14.8. The molecule has 3 N–H and O–H groups in total. The Labute approximate surface area is 121 Å². The van der Waals surface area contributed by atoms with Crippen molar-refractivity contribution < 1.29 is 4.74 Å². The van der Waals surface area contributed by atoms with Gasteiger partial charge in [0.1, 0.15) is 0 Å². The molecule has 1 aliphatic rings. The van der Waals surface area contributed by atoms with Crippen LogP contribution in [-0.2, 0) is 18.2 Å². The molecule has 0 aromatic carbocycles. The highest BCUT2D eigenvalue weighted by Gasteiger charge is 2.44. The van der Waals surface area contributed by atoms with Crippen LogP contribution in [-0.4, -0.2) is 33.7 Å². The van der Waals surface area contributed by atoms with Gasteiger partial charge in [-0.25, -0.2) is 0 Å². The number of hydrazine groups is 1. The van der Waals surface area contributed by atoms with Gasteiger partial charge < -0.3 is 4.74 Å². The molecular weight excluding hydrogens is 254 g/mol. The third-order valence-electron chi connectivity index (χ3n) is 4.76. The van der Waals surface area contributed by atoms with Crippen LogP contribution < -0.4 is 11.3 Å². The minimum absolute atomic E-state index is 0.0558. The van der Waals surface area contributed by atoms with E-state index in [1.54, 1.807) is 11.8 Å². The van der Waals surface area contributed by atoms with Crippen molar-refractivity contribution in [3.05, 3.63) is 11.9 Å². The monoisotopic (exact) mass is 281 g/mol. The van der Waals surface area contributed by atoms with Crippen LogP contribution in [0.15, 0.2) is 6.20 Å². The van der Waals surface area contributed by atoms with Crippen molar-refractivity contribution in [2.45, 2.75) is 57.6 Å². The summed E-state index contributed by atoms with van der Waals surface area (Å²) in [5, 5.41) is 8.13. The highest BCUT2D eigenvalue weighted by molar-refractivity contribution is 5.05. The number of hydrogen-bond donors (Lipinski definition) is 2. The van der Waals surface area contributed by atoms with E-state index in [9.17, 15) is 0 Å². The van der Waals surface area contributed by atoms with E-state index in [0.717, 1.165) is 37.8 Å². The molecule has 0 saturated heterocycles. The standard InChI is InChI=1S/C14H27N5O/c1-13(2)5-7-14(20-4,8-6-13)12(16-15)9-11-10-19(3)18-17-11/h10,12,16H,5-9,15H2,1-4H3. The molecule has 0 aliphatic heterocycles. The number of rotatable bonds is 5. The third kappa shape index (κ3) is 3.19. The van der Waals surface area contributed by atoms with Gasteiger partial charge in [0.25, 0.3) is 0 Å². The Bertz CT molecular complexity index is 433. The van der Waals surface area contributed by atoms with Crippen LogP contribution in [0.5, 0.6) is 0 Å². The normalized spacial score (nSPS) is 22.6. The summed E-state index contributed by atoms with van der Waals surface area (Å²) in [5.41, 5.74) is 4.08. The van der Waals surface area contributed by atoms with Crippen LogP contribution >= 0.6 is 0 Å². The molecule has 1 aromatic rings. The number of nitrogens with one attached hydrogen (secondary N) is 1. The minimum atomic E-state index is -0.207. The molecule has 114 valence electrons. The van der Waals surface area contributed by atoms with Crippen LogP contribution in [0.4, 0.5) is 0 Å². The second-order valence-corrected chi connectivity index (χ2v) is 6.74. The van der Waals surface area contributed by atoms with Crippen molar-refractivity contribution >= 4 is 0 Å². The summed E-state index contributed by atoms with van der Waals surface area (Å²) in [7, 11) is 3.66. The van der Waals surface area contributed by atoms with Gasteiger partial charge in [-0.3, -0.25) is 16.0 Å². The first kappa shape index (κ1) is 15.4. The zero-order valence-corrected chi connectivity index (χ0v) is 13.0. The van der Waals surface area contributed by atoms with Crippen LogP contribution in [0, 0.1) is 5.41 Å². The molecule has 1 saturated carbocycles. The molecule has 20 heavy (non-hydrogen) atoms. The predicted octanol–water partition coefficient (Wildman–Crippen LogP) is 1.17. The van der Waals surface area contributed by atoms with Crippen molar-refractivity contribution in [2.75, 3.05) is 7.11 Å². The summed E-state index contributed by atoms with van der Waals surface area (Å²) >= 11 is 0. The number of hydrogen-bond acceptors (Lipinski definition) is 5. The van der Waals surface area contributed by atoms with E-state index in [2.05, 4.69) is 29.6 Å². The van der Waals surface area contributed by atoms with E-state index in [-0.39, 0.29) is 11.6 Å². The van der Waals surface area contributed by atoms with Gasteiger partial charge >= 0.3 is 0 Å². The fourth-order valence-corrected chi connectivity index (χ4v) is 3.14. The lowest BCUT2D eigenvalue weighted by Crippen LogP contribution is -2.57. The Morgan fingerprint density at radius 3 is 2.50 bits per heavy atom. The van der Waals surface area contributed by atoms with Crippen LogP contribution in [0.2, 0.25) is 0 Å². The maximum absolute atomic E-state index is 5.91. The molecule has 1 atom stereocenters. The number of ether oxygens (including phenoxy) is 1. The van der Waals surface area contributed by atoms with E-state index < -0.39 is 0 Å². The largest absolute Gasteiger partial charge is 0.377 e. The Hall–Kier alpha value is -0.980. The van der Waals surface area contributed by atoms with E-state index in [4.69, 9.17) is 10.6 Å². The minimum Gasteiger partial charge on any atom is -0.377 e. The Kier molecular flexibility index (Phi) is 4.46. The lowest BCUT2D eigenvalue weighted by atomic mass is 9.68. The van der Waals surface area contributed by atoms with Gasteiger partial charge in [0, 0.05) is 26.8 Å². The molecule has 0 amide bonds. The summed E-state index contributed by atoms with van der Waals surface area (Å²) in [6.45, 7) is 4.64. The molecule has 2 rings (SSSR count). The molecule has 0 bridgehead atoms. The van der Waals surface area contributed by atoms with Crippen LogP contribution in [0.1, 0.15) is 45.2 Å². The van der Waals surface area contributed by atoms with Crippen LogP contribution in [0.25, 0.3) is 0 Å². The number of nitrogens with zero attached hydrogens (tertiary/aromatic N) is 3. The summed E-state index contributed by atoms with van der Waals surface area (Å²) in [4.78, 5) is 0. The molecule has 6 nitrogen and oxygen atoms in total. The summed E-state index contributed by atoms with van der Waals surface area (Å²) < 4.78 is 7.62.